The first-order valence-electron chi connectivity index (χ1n) is 14.3. The quantitative estimate of drug-likeness (QED) is 0.204. The number of piperidine rings is 1. The summed E-state index contributed by atoms with van der Waals surface area (Å²) >= 11 is 1.15. The second-order valence-corrected chi connectivity index (χ2v) is 13.3. The van der Waals surface area contributed by atoms with Crippen LogP contribution in [0.25, 0.3) is 0 Å². The number of thiazole rings is 1. The Hall–Kier alpha value is -3.67. The molecule has 2 aliphatic rings. The molecule has 43 heavy (non-hydrogen) atoms. The Kier molecular flexibility index (Phi) is 8.56. The summed E-state index contributed by atoms with van der Waals surface area (Å²) in [7, 11) is -1.35. The second kappa shape index (κ2) is 12.5. The monoisotopic (exact) mass is 623 g/mol. The number of halogens is 1. The van der Waals surface area contributed by atoms with Crippen LogP contribution >= 0.6 is 11.3 Å². The lowest BCUT2D eigenvalue weighted by Crippen LogP contribution is -2.39. The largest absolute Gasteiger partial charge is 0.497 e. The Labute approximate surface area is 255 Å². The minimum absolute atomic E-state index is 0.0841. The van der Waals surface area contributed by atoms with Gasteiger partial charge in [-0.3, -0.25) is 4.90 Å². The number of aromatic nitrogens is 1. The maximum Gasteiger partial charge on any atom is 0.269 e. The van der Waals surface area contributed by atoms with E-state index >= 15 is 4.39 Å². The minimum Gasteiger partial charge on any atom is -0.497 e. The molecule has 0 bridgehead atoms. The molecule has 0 aliphatic carbocycles. The molecule has 1 fully saturated rings. The van der Waals surface area contributed by atoms with Crippen molar-refractivity contribution in [1.82, 2.24) is 9.88 Å². The Morgan fingerprint density at radius 2 is 1.88 bits per heavy atom. The zero-order valence-corrected chi connectivity index (χ0v) is 25.7. The fraction of sp³-hybridized carbons (Fsp3) is 0.344. The summed E-state index contributed by atoms with van der Waals surface area (Å²) in [5.74, 6) is 0.600. The molecule has 3 aromatic carbocycles. The van der Waals surface area contributed by atoms with E-state index in [0.29, 0.717) is 41.4 Å². The van der Waals surface area contributed by atoms with Gasteiger partial charge in [0.1, 0.15) is 28.0 Å². The van der Waals surface area contributed by atoms with Gasteiger partial charge in [0.2, 0.25) is 0 Å². The zero-order valence-electron chi connectivity index (χ0n) is 24.1. The highest BCUT2D eigenvalue weighted by molar-refractivity contribution is 7.93. The Morgan fingerprint density at radius 1 is 1.05 bits per heavy atom. The van der Waals surface area contributed by atoms with Gasteiger partial charge in [-0.15, -0.1) is 11.3 Å². The maximum atomic E-state index is 16.1. The number of hydrogen-bond acceptors (Lipinski definition) is 8. The van der Waals surface area contributed by atoms with Crippen molar-refractivity contribution in [2.24, 2.45) is 0 Å². The SMILES string of the molecule is COc1ccc(CN(c2nccs2)S(=O)(=O)c2cc3c(cc2F)C(N2CCCC[C@H]2c2ccccc2)CCO3)c(OC)c1. The van der Waals surface area contributed by atoms with Gasteiger partial charge in [0.15, 0.2) is 5.13 Å². The number of fused-ring (bicyclic) bond motifs is 1. The van der Waals surface area contributed by atoms with Crippen molar-refractivity contribution in [3.05, 3.63) is 94.7 Å². The van der Waals surface area contributed by atoms with E-state index in [4.69, 9.17) is 14.2 Å². The summed E-state index contributed by atoms with van der Waals surface area (Å²) in [4.78, 5) is 6.25. The molecular formula is C32H34FN3O5S2. The molecule has 11 heteroatoms. The van der Waals surface area contributed by atoms with Crippen molar-refractivity contribution in [2.45, 2.75) is 49.2 Å². The Balaban J connectivity index is 1.37. The van der Waals surface area contributed by atoms with Gasteiger partial charge >= 0.3 is 0 Å². The van der Waals surface area contributed by atoms with Crippen LogP contribution in [0, 0.1) is 5.82 Å². The number of sulfonamides is 1. The van der Waals surface area contributed by atoms with E-state index in [1.807, 2.05) is 18.2 Å². The van der Waals surface area contributed by atoms with Crippen molar-refractivity contribution in [1.29, 1.82) is 0 Å². The molecule has 2 atom stereocenters. The summed E-state index contributed by atoms with van der Waals surface area (Å²) in [5.41, 5.74) is 2.50. The standard InChI is InChI=1S/C32H34FN3O5S2/c1-39-24-12-11-23(29(18-24)40-2)21-36(32-34-14-17-42-32)43(37,38)31-20-30-25(19-26(31)33)28(13-16-41-30)35-15-7-6-10-27(35)22-8-4-3-5-9-22/h3-5,8-9,11-12,14,17-20,27-28H,6-7,10,13,15-16,21H2,1-2H3/t27-,28?/m0/s1. The molecule has 1 saturated heterocycles. The molecule has 1 aromatic heterocycles. The number of likely N-dealkylation sites (tertiary alicyclic amines) is 1. The van der Waals surface area contributed by atoms with Crippen LogP contribution in [0.2, 0.25) is 0 Å². The van der Waals surface area contributed by atoms with Gasteiger partial charge < -0.3 is 14.2 Å². The van der Waals surface area contributed by atoms with Crippen LogP contribution in [0.4, 0.5) is 9.52 Å². The third-order valence-corrected chi connectivity index (χ3v) is 10.9. The summed E-state index contributed by atoms with van der Waals surface area (Å²) in [6.07, 6.45) is 5.42. The number of benzene rings is 3. The zero-order chi connectivity index (χ0) is 30.0. The second-order valence-electron chi connectivity index (χ2n) is 10.6. The van der Waals surface area contributed by atoms with Crippen molar-refractivity contribution >= 4 is 26.5 Å². The molecule has 0 spiro atoms. The van der Waals surface area contributed by atoms with Gasteiger partial charge in [0.25, 0.3) is 10.0 Å². The Morgan fingerprint density at radius 3 is 2.63 bits per heavy atom. The number of ether oxygens (including phenoxy) is 3. The topological polar surface area (TPSA) is 81.2 Å². The molecule has 6 rings (SSSR count). The summed E-state index contributed by atoms with van der Waals surface area (Å²) < 4.78 is 62.4. The van der Waals surface area contributed by atoms with E-state index in [9.17, 15) is 8.42 Å². The van der Waals surface area contributed by atoms with Crippen LogP contribution in [0.1, 0.15) is 54.5 Å². The van der Waals surface area contributed by atoms with E-state index in [-0.39, 0.29) is 23.8 Å². The highest BCUT2D eigenvalue weighted by atomic mass is 32.2. The molecule has 0 radical (unpaired) electrons. The predicted octanol–water partition coefficient (Wildman–Crippen LogP) is 6.75. The van der Waals surface area contributed by atoms with E-state index in [0.717, 1.165) is 41.4 Å². The molecular weight excluding hydrogens is 590 g/mol. The predicted molar refractivity (Wildman–Crippen MR) is 164 cm³/mol. The van der Waals surface area contributed by atoms with Gasteiger partial charge in [-0.05, 0) is 43.1 Å². The average molecular weight is 624 g/mol. The van der Waals surface area contributed by atoms with Gasteiger partial charge in [-0.2, -0.15) is 0 Å². The van der Waals surface area contributed by atoms with E-state index < -0.39 is 20.7 Å². The molecule has 0 N–H and O–H groups in total. The van der Waals surface area contributed by atoms with Crippen molar-refractivity contribution < 1.29 is 27.0 Å². The minimum atomic E-state index is -4.40. The summed E-state index contributed by atoms with van der Waals surface area (Å²) in [6, 6.07) is 18.4. The molecule has 0 saturated carbocycles. The first-order valence-corrected chi connectivity index (χ1v) is 16.6. The third-order valence-electron chi connectivity index (χ3n) is 8.21. The number of nitrogens with zero attached hydrogens (tertiary/aromatic N) is 3. The average Bonchev–Trinajstić information content (AvgIpc) is 3.58. The van der Waals surface area contributed by atoms with Crippen LogP contribution in [0.3, 0.4) is 0 Å². The number of rotatable bonds is 9. The van der Waals surface area contributed by atoms with Crippen molar-refractivity contribution in [3.63, 3.8) is 0 Å². The van der Waals surface area contributed by atoms with Gasteiger partial charge in [-0.25, -0.2) is 22.1 Å². The van der Waals surface area contributed by atoms with Crippen LogP contribution < -0.4 is 18.5 Å². The summed E-state index contributed by atoms with van der Waals surface area (Å²) in [5, 5.41) is 1.90. The fourth-order valence-electron chi connectivity index (χ4n) is 6.12. The van der Waals surface area contributed by atoms with E-state index in [1.165, 1.54) is 31.0 Å². The van der Waals surface area contributed by atoms with Crippen LogP contribution in [-0.4, -0.2) is 45.7 Å². The number of anilines is 1. The highest BCUT2D eigenvalue weighted by Gasteiger charge is 2.37. The van der Waals surface area contributed by atoms with Gasteiger partial charge in [0, 0.05) is 53.3 Å². The molecule has 226 valence electrons. The molecule has 8 nitrogen and oxygen atoms in total. The normalized spacial score (nSPS) is 18.9. The van der Waals surface area contributed by atoms with Crippen LogP contribution in [-0.2, 0) is 16.6 Å². The third kappa shape index (κ3) is 5.81. The van der Waals surface area contributed by atoms with Crippen LogP contribution in [0.15, 0.2) is 77.1 Å². The van der Waals surface area contributed by atoms with Crippen molar-refractivity contribution in [3.8, 4) is 17.2 Å². The lowest BCUT2D eigenvalue weighted by molar-refractivity contribution is 0.0665. The molecule has 1 unspecified atom stereocenters. The molecule has 0 amide bonds. The van der Waals surface area contributed by atoms with Gasteiger partial charge in [0.05, 0.1) is 27.4 Å². The highest BCUT2D eigenvalue weighted by Crippen LogP contribution is 2.45. The van der Waals surface area contributed by atoms with Crippen LogP contribution in [0.5, 0.6) is 17.2 Å². The molecule has 4 aromatic rings. The lowest BCUT2D eigenvalue weighted by Gasteiger charge is -2.43. The maximum absolute atomic E-state index is 16.1. The van der Waals surface area contributed by atoms with Gasteiger partial charge in [-0.1, -0.05) is 36.8 Å². The van der Waals surface area contributed by atoms with E-state index in [1.54, 1.807) is 30.7 Å². The first-order chi connectivity index (χ1) is 20.9. The first kappa shape index (κ1) is 29.4. The van der Waals surface area contributed by atoms with E-state index in [2.05, 4.69) is 22.0 Å². The Bertz CT molecular complexity index is 1670. The number of methoxy groups -OCH3 is 2. The smallest absolute Gasteiger partial charge is 0.269 e. The van der Waals surface area contributed by atoms with Crippen molar-refractivity contribution in [2.75, 3.05) is 31.7 Å². The lowest BCUT2D eigenvalue weighted by atomic mass is 9.89. The number of hydrogen-bond donors (Lipinski definition) is 0. The summed E-state index contributed by atoms with van der Waals surface area (Å²) in [6.45, 7) is 1.18. The molecule has 2 aliphatic heterocycles. The molecule has 3 heterocycles. The fourth-order valence-corrected chi connectivity index (χ4v) is 8.46.